The number of halogens is 3. The van der Waals surface area contributed by atoms with Gasteiger partial charge in [0.05, 0.1) is 6.04 Å². The lowest BCUT2D eigenvalue weighted by Gasteiger charge is -2.15. The number of hydrogen-bond donors (Lipinski definition) is 1. The summed E-state index contributed by atoms with van der Waals surface area (Å²) in [5.74, 6) is -3.54. The van der Waals surface area contributed by atoms with Gasteiger partial charge in [0.2, 0.25) is 0 Å². The fourth-order valence-electron chi connectivity index (χ4n) is 2.12. The monoisotopic (exact) mass is 287 g/mol. The zero-order chi connectivity index (χ0) is 15.3. The summed E-state index contributed by atoms with van der Waals surface area (Å²) in [5.41, 5.74) is 5.83. The van der Waals surface area contributed by atoms with Crippen molar-refractivity contribution in [3.8, 4) is 0 Å². The Kier molecular flexibility index (Phi) is 6.20. The van der Waals surface area contributed by atoms with E-state index in [1.165, 1.54) is 13.0 Å². The predicted octanol–water partition coefficient (Wildman–Crippen LogP) is 3.37. The summed E-state index contributed by atoms with van der Waals surface area (Å²) >= 11 is 0. The molecule has 0 radical (unpaired) electrons. The van der Waals surface area contributed by atoms with Crippen LogP contribution >= 0.6 is 0 Å². The van der Waals surface area contributed by atoms with E-state index in [2.05, 4.69) is 0 Å². The summed E-state index contributed by atoms with van der Waals surface area (Å²) in [6, 6.07) is 1.73. The number of rotatable bonds is 7. The predicted molar refractivity (Wildman–Crippen MR) is 71.7 cm³/mol. The van der Waals surface area contributed by atoms with Gasteiger partial charge in [-0.15, -0.1) is 0 Å². The number of ketones is 1. The van der Waals surface area contributed by atoms with Crippen molar-refractivity contribution in [2.45, 2.75) is 45.6 Å². The van der Waals surface area contributed by atoms with E-state index in [4.69, 9.17) is 5.73 Å². The second-order valence-corrected chi connectivity index (χ2v) is 5.28. The number of nitrogens with two attached hydrogens (primary N) is 1. The number of benzene rings is 1. The van der Waals surface area contributed by atoms with Gasteiger partial charge in [0.15, 0.2) is 17.5 Å². The lowest BCUT2D eigenvalue weighted by Crippen LogP contribution is -2.30. The third-order valence-corrected chi connectivity index (χ3v) is 3.44. The summed E-state index contributed by atoms with van der Waals surface area (Å²) < 4.78 is 39.2. The van der Waals surface area contributed by atoms with Crippen molar-refractivity contribution in [2.75, 3.05) is 0 Å². The van der Waals surface area contributed by atoms with Gasteiger partial charge < -0.3 is 5.73 Å². The molecule has 0 aliphatic heterocycles. The molecular formula is C15H20F3NO. The second-order valence-electron chi connectivity index (χ2n) is 5.28. The van der Waals surface area contributed by atoms with Crippen LogP contribution in [0.3, 0.4) is 0 Å². The number of carbonyl (C=O) groups is 1. The summed E-state index contributed by atoms with van der Waals surface area (Å²) in [4.78, 5) is 11.0. The van der Waals surface area contributed by atoms with Gasteiger partial charge in [-0.05, 0) is 43.7 Å². The minimum Gasteiger partial charge on any atom is -0.322 e. The van der Waals surface area contributed by atoms with Crippen molar-refractivity contribution in [1.82, 2.24) is 0 Å². The lowest BCUT2D eigenvalue weighted by molar-refractivity contribution is -0.118. The molecule has 0 amide bonds. The van der Waals surface area contributed by atoms with Gasteiger partial charge in [-0.1, -0.05) is 19.4 Å². The van der Waals surface area contributed by atoms with Crippen molar-refractivity contribution in [2.24, 2.45) is 11.7 Å². The molecule has 0 fully saturated rings. The minimum absolute atomic E-state index is 0.0523. The van der Waals surface area contributed by atoms with Gasteiger partial charge in [-0.2, -0.15) is 0 Å². The number of carbonyl (C=O) groups excluding carboxylic acids is 1. The Morgan fingerprint density at radius 1 is 1.25 bits per heavy atom. The Morgan fingerprint density at radius 2 is 1.90 bits per heavy atom. The fraction of sp³-hybridized carbons (Fsp3) is 0.533. The topological polar surface area (TPSA) is 43.1 Å². The molecule has 1 aromatic rings. The van der Waals surface area contributed by atoms with Crippen molar-refractivity contribution < 1.29 is 18.0 Å². The van der Waals surface area contributed by atoms with Crippen LogP contribution in [0.15, 0.2) is 12.1 Å². The Bertz CT molecular complexity index is 476. The molecular weight excluding hydrogens is 267 g/mol. The van der Waals surface area contributed by atoms with E-state index in [0.717, 1.165) is 12.5 Å². The maximum atomic E-state index is 13.4. The maximum Gasteiger partial charge on any atom is 0.194 e. The van der Waals surface area contributed by atoms with Crippen LogP contribution < -0.4 is 5.73 Å². The van der Waals surface area contributed by atoms with Gasteiger partial charge in [-0.3, -0.25) is 4.79 Å². The molecule has 112 valence electrons. The van der Waals surface area contributed by atoms with Crippen LogP contribution in [0.1, 0.15) is 38.7 Å². The lowest BCUT2D eigenvalue weighted by atomic mass is 9.94. The van der Waals surface area contributed by atoms with Crippen LogP contribution in [0.25, 0.3) is 0 Å². The van der Waals surface area contributed by atoms with Crippen LogP contribution in [0.5, 0.6) is 0 Å². The van der Waals surface area contributed by atoms with Crippen LogP contribution in [0, 0.1) is 23.4 Å². The summed E-state index contributed by atoms with van der Waals surface area (Å²) in [6.45, 7) is 3.42. The molecule has 0 spiro atoms. The SMILES string of the molecule is CC(=O)[C@@H](N)C[C@H](C)CCCc1ccc(F)c(F)c1F. The van der Waals surface area contributed by atoms with Crippen molar-refractivity contribution in [3.63, 3.8) is 0 Å². The van der Waals surface area contributed by atoms with Gasteiger partial charge in [-0.25, -0.2) is 13.2 Å². The fourth-order valence-corrected chi connectivity index (χ4v) is 2.12. The Labute approximate surface area is 117 Å². The molecule has 1 rings (SSSR count). The standard InChI is InChI=1S/C15H20F3NO/c1-9(8-13(19)10(2)20)4-3-5-11-6-7-12(16)15(18)14(11)17/h6-7,9,13H,3-5,8,19H2,1-2H3/t9-,13+/m1/s1. The number of Topliss-reactive ketones (excluding diaryl/α,β-unsaturated/α-hetero) is 1. The first kappa shape index (κ1) is 16.7. The van der Waals surface area contributed by atoms with E-state index >= 15 is 0 Å². The van der Waals surface area contributed by atoms with E-state index in [0.29, 0.717) is 19.3 Å². The van der Waals surface area contributed by atoms with Crippen LogP contribution in [0.4, 0.5) is 13.2 Å². The zero-order valence-corrected chi connectivity index (χ0v) is 11.8. The maximum absolute atomic E-state index is 13.4. The van der Waals surface area contributed by atoms with Crippen LogP contribution in [-0.4, -0.2) is 11.8 Å². The first-order valence-electron chi connectivity index (χ1n) is 6.71. The normalized spacial score (nSPS) is 14.1. The highest BCUT2D eigenvalue weighted by Gasteiger charge is 2.15. The molecule has 0 aliphatic rings. The van der Waals surface area contributed by atoms with Crippen molar-refractivity contribution >= 4 is 5.78 Å². The van der Waals surface area contributed by atoms with E-state index in [1.807, 2.05) is 6.92 Å². The molecule has 0 heterocycles. The molecule has 0 saturated carbocycles. The van der Waals surface area contributed by atoms with Gasteiger partial charge >= 0.3 is 0 Å². The molecule has 0 aliphatic carbocycles. The summed E-state index contributed by atoms with van der Waals surface area (Å²) in [7, 11) is 0. The highest BCUT2D eigenvalue weighted by molar-refractivity contribution is 5.81. The molecule has 5 heteroatoms. The number of hydrogen-bond acceptors (Lipinski definition) is 2. The second kappa shape index (κ2) is 7.43. The van der Waals surface area contributed by atoms with Gasteiger partial charge in [0.25, 0.3) is 0 Å². The van der Waals surface area contributed by atoms with Crippen molar-refractivity contribution in [3.05, 3.63) is 35.1 Å². The Balaban J connectivity index is 2.45. The third kappa shape index (κ3) is 4.63. The van der Waals surface area contributed by atoms with Crippen LogP contribution in [0.2, 0.25) is 0 Å². The molecule has 0 bridgehead atoms. The Morgan fingerprint density at radius 3 is 2.50 bits per heavy atom. The summed E-state index contributed by atoms with van der Waals surface area (Å²) in [5, 5.41) is 0. The quantitative estimate of drug-likeness (QED) is 0.781. The zero-order valence-electron chi connectivity index (χ0n) is 11.8. The van der Waals surface area contributed by atoms with E-state index in [9.17, 15) is 18.0 Å². The summed E-state index contributed by atoms with van der Waals surface area (Å²) in [6.07, 6.45) is 2.30. The third-order valence-electron chi connectivity index (χ3n) is 3.44. The van der Waals surface area contributed by atoms with Crippen molar-refractivity contribution in [1.29, 1.82) is 0 Å². The van der Waals surface area contributed by atoms with Gasteiger partial charge in [0, 0.05) is 0 Å². The molecule has 1 aromatic carbocycles. The average molecular weight is 287 g/mol. The molecule has 2 atom stereocenters. The first-order chi connectivity index (χ1) is 9.32. The molecule has 2 nitrogen and oxygen atoms in total. The average Bonchev–Trinajstić information content (AvgIpc) is 2.38. The molecule has 0 aromatic heterocycles. The highest BCUT2D eigenvalue weighted by atomic mass is 19.2. The van der Waals surface area contributed by atoms with Crippen LogP contribution in [-0.2, 0) is 11.2 Å². The molecule has 0 unspecified atom stereocenters. The molecule has 2 N–H and O–H groups in total. The van der Waals surface area contributed by atoms with Gasteiger partial charge in [0.1, 0.15) is 5.78 Å². The molecule has 0 saturated heterocycles. The minimum atomic E-state index is -1.42. The number of aryl methyl sites for hydroxylation is 1. The molecule has 20 heavy (non-hydrogen) atoms. The smallest absolute Gasteiger partial charge is 0.194 e. The Hall–Kier alpha value is -1.36. The highest BCUT2D eigenvalue weighted by Crippen LogP contribution is 2.19. The first-order valence-corrected chi connectivity index (χ1v) is 6.71. The van der Waals surface area contributed by atoms with E-state index < -0.39 is 23.5 Å². The van der Waals surface area contributed by atoms with E-state index in [1.54, 1.807) is 0 Å². The van der Waals surface area contributed by atoms with E-state index in [-0.39, 0.29) is 17.3 Å². The largest absolute Gasteiger partial charge is 0.322 e.